The average Bonchev–Trinajstić information content (AvgIpc) is 3.21. The van der Waals surface area contributed by atoms with Crippen LogP contribution in [0.15, 0.2) is 41.3 Å². The van der Waals surface area contributed by atoms with Gasteiger partial charge in [0.05, 0.1) is 10.9 Å². The third kappa shape index (κ3) is 3.54. The Morgan fingerprint density at radius 2 is 2.03 bits per heavy atom. The number of anilines is 2. The molecule has 4 heterocycles. The highest BCUT2D eigenvalue weighted by Crippen LogP contribution is 2.59. The van der Waals surface area contributed by atoms with Gasteiger partial charge in [0.25, 0.3) is 0 Å². The summed E-state index contributed by atoms with van der Waals surface area (Å²) >= 11 is 3.33. The maximum atomic E-state index is 13.9. The second-order valence-electron chi connectivity index (χ2n) is 10.3. The summed E-state index contributed by atoms with van der Waals surface area (Å²) in [4.78, 5) is 42.0. The molecular formula is C26H26BrN7O2. The number of nitrogens with two attached hydrogens (primary N) is 1. The summed E-state index contributed by atoms with van der Waals surface area (Å²) < 4.78 is 2.55. The van der Waals surface area contributed by atoms with E-state index in [-0.39, 0.29) is 29.8 Å². The number of rotatable bonds is 4. The maximum Gasteiger partial charge on any atom is 0.248 e. The van der Waals surface area contributed by atoms with Gasteiger partial charge in [0.2, 0.25) is 11.8 Å². The van der Waals surface area contributed by atoms with Crippen LogP contribution >= 0.6 is 15.9 Å². The normalized spacial score (nSPS) is 22.7. The Morgan fingerprint density at radius 1 is 1.22 bits per heavy atom. The summed E-state index contributed by atoms with van der Waals surface area (Å²) in [5.41, 5.74) is 9.88. The Hall–Kier alpha value is -3.53. The Morgan fingerprint density at radius 3 is 2.81 bits per heavy atom. The molecule has 1 aliphatic carbocycles. The number of carbonyl (C=O) groups is 2. The molecule has 3 atom stereocenters. The number of hydrogen-bond acceptors (Lipinski definition) is 6. The van der Waals surface area contributed by atoms with Gasteiger partial charge in [0.15, 0.2) is 0 Å². The highest BCUT2D eigenvalue weighted by atomic mass is 79.9. The fraction of sp³-hybridized carbons (Fsp3) is 0.346. The minimum atomic E-state index is -0.557. The molecule has 10 heteroatoms. The first kappa shape index (κ1) is 22.9. The average molecular weight is 548 g/mol. The molecule has 3 aromatic heterocycles. The number of hydrogen-bond donors (Lipinski definition) is 2. The number of aryl methyl sites for hydroxylation is 2. The van der Waals surface area contributed by atoms with E-state index >= 15 is 0 Å². The third-order valence-electron chi connectivity index (χ3n) is 7.58. The molecule has 2 aliphatic rings. The van der Waals surface area contributed by atoms with Gasteiger partial charge in [-0.2, -0.15) is 0 Å². The number of likely N-dealkylation sites (tertiary alicyclic amines) is 1. The zero-order valence-electron chi connectivity index (χ0n) is 20.2. The lowest BCUT2D eigenvalue weighted by molar-refractivity contribution is -0.138. The summed E-state index contributed by atoms with van der Waals surface area (Å²) in [6.45, 7) is 6.26. The molecule has 1 saturated heterocycles. The second kappa shape index (κ2) is 7.99. The highest BCUT2D eigenvalue weighted by Gasteiger charge is 2.64. The van der Waals surface area contributed by atoms with Crippen LogP contribution < -0.4 is 11.1 Å². The largest absolute Gasteiger partial charge is 0.383 e. The minimum Gasteiger partial charge on any atom is -0.383 e. The second-order valence-corrected chi connectivity index (χ2v) is 11.1. The Labute approximate surface area is 216 Å². The molecule has 4 aromatic rings. The molecule has 184 valence electrons. The van der Waals surface area contributed by atoms with E-state index in [2.05, 4.69) is 55.3 Å². The molecule has 0 radical (unpaired) electrons. The van der Waals surface area contributed by atoms with Crippen LogP contribution in [0.5, 0.6) is 0 Å². The van der Waals surface area contributed by atoms with Crippen LogP contribution in [0.2, 0.25) is 0 Å². The van der Waals surface area contributed by atoms with Crippen LogP contribution in [0.4, 0.5) is 11.6 Å². The van der Waals surface area contributed by atoms with Gasteiger partial charge in [-0.3, -0.25) is 9.59 Å². The van der Waals surface area contributed by atoms with Crippen LogP contribution in [0.1, 0.15) is 30.9 Å². The quantitative estimate of drug-likeness (QED) is 0.373. The van der Waals surface area contributed by atoms with Crippen molar-refractivity contribution in [1.29, 1.82) is 0 Å². The molecule has 2 amide bonds. The smallest absolute Gasteiger partial charge is 0.248 e. The number of nitrogens with zero attached hydrogens (tertiary/aromatic N) is 5. The number of aromatic nitrogens is 4. The first-order valence-corrected chi connectivity index (χ1v) is 12.7. The van der Waals surface area contributed by atoms with Crippen LogP contribution in [0.3, 0.4) is 0 Å². The summed E-state index contributed by atoms with van der Waals surface area (Å²) in [5, 5.41) is 4.57. The zero-order valence-corrected chi connectivity index (χ0v) is 21.8. The van der Waals surface area contributed by atoms with E-state index in [1.165, 1.54) is 6.33 Å². The van der Waals surface area contributed by atoms with E-state index in [9.17, 15) is 9.59 Å². The summed E-state index contributed by atoms with van der Waals surface area (Å²) in [5.74, 6) is 0.506. The van der Waals surface area contributed by atoms with Gasteiger partial charge < -0.3 is 20.5 Å². The molecule has 0 unspecified atom stereocenters. The fourth-order valence-electron chi connectivity index (χ4n) is 5.89. The molecule has 0 spiro atoms. The topological polar surface area (TPSA) is 119 Å². The lowest BCUT2D eigenvalue weighted by Crippen LogP contribution is -2.46. The van der Waals surface area contributed by atoms with Gasteiger partial charge in [-0.05, 0) is 71.8 Å². The molecule has 6 rings (SSSR count). The number of carbonyl (C=O) groups excluding carboxylic acids is 2. The van der Waals surface area contributed by atoms with Crippen molar-refractivity contribution < 1.29 is 9.59 Å². The van der Waals surface area contributed by atoms with E-state index in [1.807, 2.05) is 24.5 Å². The molecule has 36 heavy (non-hydrogen) atoms. The summed E-state index contributed by atoms with van der Waals surface area (Å²) in [6.07, 6.45) is 2.96. The molecule has 2 fully saturated rings. The molecular weight excluding hydrogens is 522 g/mol. The predicted octanol–water partition coefficient (Wildman–Crippen LogP) is 3.96. The van der Waals surface area contributed by atoms with Gasteiger partial charge >= 0.3 is 0 Å². The first-order valence-electron chi connectivity index (χ1n) is 11.9. The van der Waals surface area contributed by atoms with Crippen LogP contribution in [-0.4, -0.2) is 48.3 Å². The molecule has 3 N–H and O–H groups in total. The Kier molecular flexibility index (Phi) is 5.08. The SMILES string of the molecule is Cc1cc(C)c2c(c1)c1c(N)ncnc1n2CC(=O)N1[C@H](C(=O)Nc2cccc(Br)n2)C[C@@]2(C)C[C@@H]12. The minimum absolute atomic E-state index is 0.0389. The lowest BCUT2D eigenvalue weighted by Gasteiger charge is -2.27. The summed E-state index contributed by atoms with van der Waals surface area (Å²) in [6, 6.07) is 8.97. The number of amides is 2. The maximum absolute atomic E-state index is 13.9. The van der Waals surface area contributed by atoms with Gasteiger partial charge in [-0.1, -0.05) is 24.6 Å². The van der Waals surface area contributed by atoms with E-state index in [0.29, 0.717) is 28.3 Å². The zero-order chi connectivity index (χ0) is 25.4. The summed E-state index contributed by atoms with van der Waals surface area (Å²) in [7, 11) is 0. The lowest BCUT2D eigenvalue weighted by atomic mass is 10.0. The van der Waals surface area contributed by atoms with E-state index in [4.69, 9.17) is 5.73 Å². The van der Waals surface area contributed by atoms with E-state index in [0.717, 1.165) is 33.8 Å². The van der Waals surface area contributed by atoms with Crippen molar-refractivity contribution in [1.82, 2.24) is 24.4 Å². The van der Waals surface area contributed by atoms with Gasteiger partial charge in [0, 0.05) is 11.4 Å². The van der Waals surface area contributed by atoms with Crippen LogP contribution in [0.25, 0.3) is 21.9 Å². The van der Waals surface area contributed by atoms with Gasteiger partial charge in [-0.25, -0.2) is 15.0 Å². The van der Waals surface area contributed by atoms with Crippen molar-refractivity contribution in [2.24, 2.45) is 5.41 Å². The number of pyridine rings is 1. The van der Waals surface area contributed by atoms with Crippen molar-refractivity contribution >= 4 is 61.3 Å². The molecule has 0 bridgehead atoms. The van der Waals surface area contributed by atoms with Crippen LogP contribution in [-0.2, 0) is 16.1 Å². The van der Waals surface area contributed by atoms with Crippen molar-refractivity contribution in [3.63, 3.8) is 0 Å². The third-order valence-corrected chi connectivity index (χ3v) is 8.02. The monoisotopic (exact) mass is 547 g/mol. The van der Waals surface area contributed by atoms with Gasteiger partial charge in [-0.15, -0.1) is 0 Å². The fourth-order valence-corrected chi connectivity index (χ4v) is 6.23. The van der Waals surface area contributed by atoms with Crippen molar-refractivity contribution in [3.8, 4) is 0 Å². The number of nitrogen functional groups attached to an aromatic ring is 1. The van der Waals surface area contributed by atoms with E-state index in [1.54, 1.807) is 17.0 Å². The Balaban J connectivity index is 1.37. The predicted molar refractivity (Wildman–Crippen MR) is 141 cm³/mol. The molecule has 1 saturated carbocycles. The Bertz CT molecular complexity index is 1580. The van der Waals surface area contributed by atoms with Gasteiger partial charge in [0.1, 0.15) is 40.8 Å². The molecule has 1 aromatic carbocycles. The highest BCUT2D eigenvalue weighted by molar-refractivity contribution is 9.10. The number of benzene rings is 1. The van der Waals surface area contributed by atoms with Crippen molar-refractivity contribution in [3.05, 3.63) is 52.4 Å². The number of halogens is 1. The number of nitrogens with one attached hydrogen (secondary N) is 1. The first-order chi connectivity index (χ1) is 17.2. The molecule has 9 nitrogen and oxygen atoms in total. The molecule has 1 aliphatic heterocycles. The number of piperidine rings is 1. The standard InChI is InChI=1S/C26H26BrN7O2/c1-13-7-14(2)22-15(8-13)21-23(28)29-12-30-24(21)33(22)11-20(35)34-16(9-26(3)10-17(26)34)25(36)32-19-6-4-5-18(27)31-19/h4-8,12,16-17H,9-11H2,1-3H3,(H2,28,29,30)(H,31,32,36)/t16-,17+,26-/m0/s1. The van der Waals surface area contributed by atoms with Crippen LogP contribution in [0, 0.1) is 19.3 Å². The van der Waals surface area contributed by atoms with Crippen molar-refractivity contribution in [2.45, 2.75) is 52.2 Å². The van der Waals surface area contributed by atoms with E-state index < -0.39 is 6.04 Å². The number of fused-ring (bicyclic) bond motifs is 4. The van der Waals surface area contributed by atoms with Crippen molar-refractivity contribution in [2.75, 3.05) is 11.1 Å².